The monoisotopic (exact) mass is 242 g/mol. The molecule has 0 fully saturated rings. The van der Waals surface area contributed by atoms with Gasteiger partial charge in [0.05, 0.1) is 5.60 Å². The third-order valence-electron chi connectivity index (χ3n) is 2.53. The highest BCUT2D eigenvalue weighted by atomic mass is 79.9. The van der Waals surface area contributed by atoms with E-state index in [1.165, 1.54) is 0 Å². The van der Waals surface area contributed by atoms with Gasteiger partial charge in [0.25, 0.3) is 0 Å². The van der Waals surface area contributed by atoms with Crippen molar-refractivity contribution < 1.29 is 5.11 Å². The molecule has 0 heterocycles. The molecule has 1 unspecified atom stereocenters. The van der Waals surface area contributed by atoms with Crippen LogP contribution in [0.1, 0.15) is 26.3 Å². The summed E-state index contributed by atoms with van der Waals surface area (Å²) in [5.41, 5.74) is 0.209. The van der Waals surface area contributed by atoms with Gasteiger partial charge in [0.1, 0.15) is 0 Å². The summed E-state index contributed by atoms with van der Waals surface area (Å²) in [5, 5.41) is 10.2. The lowest BCUT2D eigenvalue weighted by molar-refractivity contribution is 0.00900. The summed E-state index contributed by atoms with van der Waals surface area (Å²) in [4.78, 5) is 0. The second kappa shape index (κ2) is 3.81. The topological polar surface area (TPSA) is 20.2 Å². The van der Waals surface area contributed by atoms with Gasteiger partial charge in [-0.05, 0) is 30.5 Å². The van der Waals surface area contributed by atoms with E-state index in [1.807, 2.05) is 45.0 Å². The van der Waals surface area contributed by atoms with Crippen LogP contribution in [0, 0.1) is 5.92 Å². The lowest BCUT2D eigenvalue weighted by Gasteiger charge is -2.28. The molecule has 1 rings (SSSR count). The lowest BCUT2D eigenvalue weighted by Crippen LogP contribution is -2.27. The number of aliphatic hydroxyl groups is 1. The van der Waals surface area contributed by atoms with Crippen molar-refractivity contribution in [2.45, 2.75) is 26.4 Å². The number of rotatable bonds is 2. The van der Waals surface area contributed by atoms with Gasteiger partial charge in [-0.3, -0.25) is 0 Å². The van der Waals surface area contributed by atoms with Crippen LogP contribution in [0.3, 0.4) is 0 Å². The van der Waals surface area contributed by atoms with E-state index in [-0.39, 0.29) is 5.92 Å². The molecule has 1 atom stereocenters. The first kappa shape index (κ1) is 10.7. The van der Waals surface area contributed by atoms with E-state index in [4.69, 9.17) is 0 Å². The van der Waals surface area contributed by atoms with Crippen molar-refractivity contribution in [2.24, 2.45) is 5.92 Å². The van der Waals surface area contributed by atoms with Gasteiger partial charge in [-0.15, -0.1) is 0 Å². The SMILES string of the molecule is CC(C)C(C)(O)c1cccc(Br)c1. The first-order valence-electron chi connectivity index (χ1n) is 4.43. The fourth-order valence-electron chi connectivity index (χ4n) is 1.14. The summed E-state index contributed by atoms with van der Waals surface area (Å²) < 4.78 is 1.01. The second-order valence-electron chi connectivity index (χ2n) is 3.81. The Morgan fingerprint density at radius 2 is 2.00 bits per heavy atom. The summed E-state index contributed by atoms with van der Waals surface area (Å²) in [5.74, 6) is 0.210. The molecule has 0 spiro atoms. The normalized spacial score (nSPS) is 15.8. The Balaban J connectivity index is 3.07. The molecule has 13 heavy (non-hydrogen) atoms. The van der Waals surface area contributed by atoms with E-state index < -0.39 is 5.60 Å². The Kier molecular flexibility index (Phi) is 3.14. The highest BCUT2D eigenvalue weighted by Gasteiger charge is 2.26. The molecule has 1 aromatic carbocycles. The van der Waals surface area contributed by atoms with Gasteiger partial charge in [-0.2, -0.15) is 0 Å². The van der Waals surface area contributed by atoms with Crippen molar-refractivity contribution in [1.82, 2.24) is 0 Å². The predicted molar refractivity (Wildman–Crippen MR) is 58.6 cm³/mol. The molecule has 0 aromatic heterocycles. The zero-order valence-corrected chi connectivity index (χ0v) is 9.80. The molecule has 0 amide bonds. The van der Waals surface area contributed by atoms with E-state index in [1.54, 1.807) is 0 Å². The predicted octanol–water partition coefficient (Wildman–Crippen LogP) is 3.31. The van der Waals surface area contributed by atoms with Crippen LogP contribution in [0.15, 0.2) is 28.7 Å². The largest absolute Gasteiger partial charge is 0.385 e. The molecule has 0 radical (unpaired) electrons. The van der Waals surface area contributed by atoms with Crippen molar-refractivity contribution in [3.05, 3.63) is 34.3 Å². The van der Waals surface area contributed by atoms with E-state index in [0.29, 0.717) is 0 Å². The van der Waals surface area contributed by atoms with Crippen LogP contribution < -0.4 is 0 Å². The maximum absolute atomic E-state index is 10.2. The average molecular weight is 243 g/mol. The van der Waals surface area contributed by atoms with E-state index in [0.717, 1.165) is 10.0 Å². The lowest BCUT2D eigenvalue weighted by atomic mass is 9.85. The van der Waals surface area contributed by atoms with Gasteiger partial charge < -0.3 is 5.11 Å². The highest BCUT2D eigenvalue weighted by Crippen LogP contribution is 2.30. The second-order valence-corrected chi connectivity index (χ2v) is 4.73. The maximum atomic E-state index is 10.2. The number of halogens is 1. The Labute approximate surface area is 87.9 Å². The fourth-order valence-corrected chi connectivity index (χ4v) is 1.54. The summed E-state index contributed by atoms with van der Waals surface area (Å²) in [6.45, 7) is 5.88. The Bertz CT molecular complexity index is 292. The zero-order chi connectivity index (χ0) is 10.1. The molecule has 0 aliphatic rings. The zero-order valence-electron chi connectivity index (χ0n) is 8.21. The smallest absolute Gasteiger partial charge is 0.0891 e. The van der Waals surface area contributed by atoms with Crippen LogP contribution >= 0.6 is 15.9 Å². The Morgan fingerprint density at radius 1 is 1.38 bits per heavy atom. The standard InChI is InChI=1S/C11H15BrO/c1-8(2)11(3,13)9-5-4-6-10(12)7-9/h4-8,13H,1-3H3. The van der Waals surface area contributed by atoms with Gasteiger partial charge in [0, 0.05) is 4.47 Å². The van der Waals surface area contributed by atoms with Crippen molar-refractivity contribution in [3.63, 3.8) is 0 Å². The van der Waals surface area contributed by atoms with Gasteiger partial charge in [0.15, 0.2) is 0 Å². The minimum absolute atomic E-state index is 0.210. The Hall–Kier alpha value is -0.340. The third-order valence-corrected chi connectivity index (χ3v) is 3.03. The van der Waals surface area contributed by atoms with Gasteiger partial charge in [-0.1, -0.05) is 41.9 Å². The molecule has 0 aliphatic heterocycles. The molecule has 0 bridgehead atoms. The average Bonchev–Trinajstić information content (AvgIpc) is 2.04. The van der Waals surface area contributed by atoms with Crippen LogP contribution in [0.25, 0.3) is 0 Å². The minimum Gasteiger partial charge on any atom is -0.385 e. The minimum atomic E-state index is -0.746. The third kappa shape index (κ3) is 2.32. The first-order valence-corrected chi connectivity index (χ1v) is 5.22. The number of hydrogen-bond donors (Lipinski definition) is 1. The summed E-state index contributed by atoms with van der Waals surface area (Å²) in [6.07, 6.45) is 0. The molecular weight excluding hydrogens is 228 g/mol. The molecule has 1 N–H and O–H groups in total. The molecule has 0 saturated heterocycles. The van der Waals surface area contributed by atoms with Crippen LogP contribution in [0.2, 0.25) is 0 Å². The fraction of sp³-hybridized carbons (Fsp3) is 0.455. The molecule has 0 aliphatic carbocycles. The highest BCUT2D eigenvalue weighted by molar-refractivity contribution is 9.10. The van der Waals surface area contributed by atoms with Crippen molar-refractivity contribution in [1.29, 1.82) is 0 Å². The molecule has 72 valence electrons. The summed E-state index contributed by atoms with van der Waals surface area (Å²) in [6, 6.07) is 7.81. The van der Waals surface area contributed by atoms with Crippen LogP contribution in [-0.4, -0.2) is 5.11 Å². The molecule has 1 aromatic rings. The van der Waals surface area contributed by atoms with Crippen molar-refractivity contribution in [3.8, 4) is 0 Å². The number of benzene rings is 1. The quantitative estimate of drug-likeness (QED) is 0.844. The van der Waals surface area contributed by atoms with Crippen molar-refractivity contribution >= 4 is 15.9 Å². The van der Waals surface area contributed by atoms with Gasteiger partial charge >= 0.3 is 0 Å². The van der Waals surface area contributed by atoms with Crippen LogP contribution in [0.4, 0.5) is 0 Å². The van der Waals surface area contributed by atoms with E-state index in [9.17, 15) is 5.11 Å². The first-order chi connectivity index (χ1) is 5.94. The van der Waals surface area contributed by atoms with Crippen LogP contribution in [0.5, 0.6) is 0 Å². The maximum Gasteiger partial charge on any atom is 0.0891 e. The number of hydrogen-bond acceptors (Lipinski definition) is 1. The summed E-state index contributed by atoms with van der Waals surface area (Å²) >= 11 is 3.39. The summed E-state index contributed by atoms with van der Waals surface area (Å²) in [7, 11) is 0. The van der Waals surface area contributed by atoms with E-state index >= 15 is 0 Å². The molecule has 0 saturated carbocycles. The molecule has 2 heteroatoms. The Morgan fingerprint density at radius 3 is 2.46 bits per heavy atom. The molecule has 1 nitrogen and oxygen atoms in total. The van der Waals surface area contributed by atoms with Gasteiger partial charge in [0.2, 0.25) is 0 Å². The van der Waals surface area contributed by atoms with Gasteiger partial charge in [-0.25, -0.2) is 0 Å². The van der Waals surface area contributed by atoms with Crippen molar-refractivity contribution in [2.75, 3.05) is 0 Å². The van der Waals surface area contributed by atoms with Crippen LogP contribution in [-0.2, 0) is 5.60 Å². The van der Waals surface area contributed by atoms with E-state index in [2.05, 4.69) is 15.9 Å². The molecular formula is C11H15BrO.